The van der Waals surface area contributed by atoms with Crippen molar-refractivity contribution in [2.45, 2.75) is 25.7 Å². The summed E-state index contributed by atoms with van der Waals surface area (Å²) in [4.78, 5) is 1.43. The first-order valence-corrected chi connectivity index (χ1v) is 25.4. The summed E-state index contributed by atoms with van der Waals surface area (Å²) >= 11 is 1.95. The average molecular weight is 853 g/mol. The third kappa shape index (κ3) is 5.62. The fourth-order valence-electron chi connectivity index (χ4n) is 11.3. The lowest BCUT2D eigenvalue weighted by Gasteiger charge is -2.35. The summed E-state index contributed by atoms with van der Waals surface area (Å²) in [6.07, 6.45) is 11.4. The molecule has 3 heterocycles. The second-order valence-corrected chi connectivity index (χ2v) is 22.2. The second-order valence-electron chi connectivity index (χ2n) is 17.4. The molecule has 0 spiro atoms. The largest absolute Gasteiger partial charge is 0.313 e. The van der Waals surface area contributed by atoms with Gasteiger partial charge in [0.05, 0.1) is 16.6 Å². The lowest BCUT2D eigenvalue weighted by molar-refractivity contribution is 0.889. The van der Waals surface area contributed by atoms with Crippen LogP contribution in [0.25, 0.3) is 65.8 Å². The Balaban J connectivity index is 1.02. The number of para-hydroxylation sites is 2. The summed E-state index contributed by atoms with van der Waals surface area (Å²) in [5.74, 6) is 0. The Hall–Kier alpha value is -7.24. The van der Waals surface area contributed by atoms with Crippen molar-refractivity contribution in [1.82, 2.24) is 9.13 Å². The Morgan fingerprint density at radius 1 is 0.438 bits per heavy atom. The average Bonchev–Trinajstić information content (AvgIpc) is 4.03. The molecular weight excluding hydrogens is 809 g/mol. The standard InChI is InChI=1S/C60H44N2SSi/c1-3-20-44(21-4-1)64(45-22-5-2-6-23-45,46-24-15-18-41(38-46)48-30-17-31-53-52-29-10-14-35-59(52)63-60(48)53)47-25-16-19-42(39-47)61-57-34-13-9-28-51(57)54-40-43(36-37-58(54)61)62-55-32-11-7-26-49(55)50-27-8-12-33-56(50)62/h1-11,13-16,18-30,32,34-40H,12,17,31,33H2. The topological polar surface area (TPSA) is 9.86 Å². The zero-order valence-corrected chi connectivity index (χ0v) is 37.2. The summed E-state index contributed by atoms with van der Waals surface area (Å²) in [6, 6.07) is 75.9. The number of aryl methyl sites for hydroxylation is 1. The van der Waals surface area contributed by atoms with E-state index in [1.807, 2.05) is 11.3 Å². The van der Waals surface area contributed by atoms with Gasteiger partial charge in [-0.25, -0.2) is 0 Å². The van der Waals surface area contributed by atoms with E-state index in [2.05, 4.69) is 228 Å². The van der Waals surface area contributed by atoms with E-state index in [-0.39, 0.29) is 0 Å². The van der Waals surface area contributed by atoms with Crippen LogP contribution in [0, 0.1) is 0 Å². The molecule has 0 unspecified atom stereocenters. The first-order chi connectivity index (χ1) is 31.8. The summed E-state index contributed by atoms with van der Waals surface area (Å²) < 4.78 is 6.39. The number of rotatable bonds is 7. The van der Waals surface area contributed by atoms with Crippen LogP contribution >= 0.6 is 11.3 Å². The van der Waals surface area contributed by atoms with Crippen molar-refractivity contribution in [3.8, 4) is 11.4 Å². The molecule has 11 aromatic rings. The molecule has 8 aromatic carbocycles. The third-order valence-electron chi connectivity index (χ3n) is 14.0. The SMILES string of the molecule is C1=Cc2c(n(-c3ccc4c(c3)c3ccccc3n4-c3cccc([Si](c4ccccc4)(c4ccccc4)c4cccc(C5=CCCc6c5sc5ccccc65)c4)c3)c3ccccc23)CC1. The van der Waals surface area contributed by atoms with Crippen LogP contribution in [-0.2, 0) is 12.8 Å². The van der Waals surface area contributed by atoms with Gasteiger partial charge in [-0.1, -0.05) is 170 Å². The predicted molar refractivity (Wildman–Crippen MR) is 276 cm³/mol. The van der Waals surface area contributed by atoms with Crippen LogP contribution in [0.1, 0.15) is 40.1 Å². The van der Waals surface area contributed by atoms with Crippen molar-refractivity contribution in [2.24, 2.45) is 0 Å². The molecule has 0 amide bonds. The van der Waals surface area contributed by atoms with E-state index in [0.717, 1.165) is 25.7 Å². The molecule has 2 aliphatic carbocycles. The number of hydrogen-bond donors (Lipinski definition) is 0. The molecule has 304 valence electrons. The second kappa shape index (κ2) is 14.9. The van der Waals surface area contributed by atoms with Crippen LogP contribution in [0.4, 0.5) is 0 Å². The molecule has 0 N–H and O–H groups in total. The monoisotopic (exact) mass is 852 g/mol. The van der Waals surface area contributed by atoms with Gasteiger partial charge >= 0.3 is 0 Å². The molecule has 0 bridgehead atoms. The number of fused-ring (bicyclic) bond motifs is 9. The molecule has 64 heavy (non-hydrogen) atoms. The number of benzene rings is 8. The van der Waals surface area contributed by atoms with Gasteiger partial charge < -0.3 is 9.13 Å². The van der Waals surface area contributed by atoms with Crippen molar-refractivity contribution in [3.63, 3.8) is 0 Å². The van der Waals surface area contributed by atoms with Gasteiger partial charge in [0.1, 0.15) is 0 Å². The van der Waals surface area contributed by atoms with E-state index < -0.39 is 8.07 Å². The summed E-state index contributed by atoms with van der Waals surface area (Å²) in [5, 5.41) is 10.8. The van der Waals surface area contributed by atoms with Crippen molar-refractivity contribution in [1.29, 1.82) is 0 Å². The van der Waals surface area contributed by atoms with Gasteiger partial charge in [-0.05, 0) is 117 Å². The fraction of sp³-hybridized carbons (Fsp3) is 0.0667. The highest BCUT2D eigenvalue weighted by Gasteiger charge is 2.42. The normalized spacial score (nSPS) is 13.7. The van der Waals surface area contributed by atoms with Crippen LogP contribution in [0.5, 0.6) is 0 Å². The zero-order valence-electron chi connectivity index (χ0n) is 35.4. The molecule has 0 fully saturated rings. The lowest BCUT2D eigenvalue weighted by atomic mass is 9.92. The minimum Gasteiger partial charge on any atom is -0.313 e. The Kier molecular flexibility index (Phi) is 8.72. The van der Waals surface area contributed by atoms with Crippen LogP contribution in [0.15, 0.2) is 212 Å². The highest BCUT2D eigenvalue weighted by molar-refractivity contribution is 7.20. The van der Waals surface area contributed by atoms with E-state index in [4.69, 9.17) is 0 Å². The smallest absolute Gasteiger partial charge is 0.179 e. The van der Waals surface area contributed by atoms with Gasteiger partial charge in [0.25, 0.3) is 0 Å². The number of allylic oxidation sites excluding steroid dienone is 2. The minimum absolute atomic E-state index is 1.04. The number of aromatic nitrogens is 2. The molecule has 2 nitrogen and oxygen atoms in total. The number of thiophene rings is 1. The number of nitrogens with zero attached hydrogens (tertiary/aromatic N) is 2. The maximum Gasteiger partial charge on any atom is 0.179 e. The third-order valence-corrected chi connectivity index (χ3v) is 20.0. The Morgan fingerprint density at radius 3 is 1.86 bits per heavy atom. The van der Waals surface area contributed by atoms with E-state index in [1.54, 1.807) is 0 Å². The van der Waals surface area contributed by atoms with E-state index in [1.165, 1.54) is 108 Å². The maximum atomic E-state index is 2.55. The molecule has 0 saturated heterocycles. The molecule has 0 aliphatic heterocycles. The molecule has 13 rings (SSSR count). The van der Waals surface area contributed by atoms with E-state index >= 15 is 0 Å². The first-order valence-electron chi connectivity index (χ1n) is 22.6. The molecule has 0 radical (unpaired) electrons. The van der Waals surface area contributed by atoms with Crippen LogP contribution in [0.3, 0.4) is 0 Å². The molecule has 0 saturated carbocycles. The highest BCUT2D eigenvalue weighted by atomic mass is 32.1. The van der Waals surface area contributed by atoms with Gasteiger partial charge in [0.15, 0.2) is 8.07 Å². The van der Waals surface area contributed by atoms with Gasteiger partial charge in [0.2, 0.25) is 0 Å². The van der Waals surface area contributed by atoms with Crippen LogP contribution in [-0.4, -0.2) is 17.2 Å². The molecule has 4 heteroatoms. The Morgan fingerprint density at radius 2 is 1.06 bits per heavy atom. The quantitative estimate of drug-likeness (QED) is 0.112. The molecule has 3 aromatic heterocycles. The van der Waals surface area contributed by atoms with E-state index in [9.17, 15) is 0 Å². The molecular formula is C60H44N2SSi. The van der Waals surface area contributed by atoms with Gasteiger partial charge in [0, 0.05) is 48.4 Å². The highest BCUT2D eigenvalue weighted by Crippen LogP contribution is 2.42. The van der Waals surface area contributed by atoms with Crippen molar-refractivity contribution < 1.29 is 0 Å². The first kappa shape index (κ1) is 37.3. The summed E-state index contributed by atoms with van der Waals surface area (Å²) in [7, 11) is -2.93. The predicted octanol–water partition coefficient (Wildman–Crippen LogP) is 12.7. The Bertz CT molecular complexity index is 3640. The summed E-state index contributed by atoms with van der Waals surface area (Å²) in [6.45, 7) is 0. The van der Waals surface area contributed by atoms with Crippen LogP contribution < -0.4 is 20.7 Å². The van der Waals surface area contributed by atoms with E-state index in [0.29, 0.717) is 0 Å². The van der Waals surface area contributed by atoms with Crippen molar-refractivity contribution in [3.05, 3.63) is 240 Å². The van der Waals surface area contributed by atoms with Crippen molar-refractivity contribution >= 4 is 94.6 Å². The summed E-state index contributed by atoms with van der Waals surface area (Å²) in [5.41, 5.74) is 13.0. The Labute approximate surface area is 378 Å². The zero-order chi connectivity index (χ0) is 42.2. The van der Waals surface area contributed by atoms with Gasteiger partial charge in [-0.2, -0.15) is 0 Å². The van der Waals surface area contributed by atoms with Gasteiger partial charge in [-0.3, -0.25) is 0 Å². The minimum atomic E-state index is -2.93. The van der Waals surface area contributed by atoms with Crippen LogP contribution in [0.2, 0.25) is 0 Å². The van der Waals surface area contributed by atoms with Gasteiger partial charge in [-0.15, -0.1) is 11.3 Å². The maximum absolute atomic E-state index is 2.93. The lowest BCUT2D eigenvalue weighted by Crippen LogP contribution is -2.74. The number of hydrogen-bond acceptors (Lipinski definition) is 1. The molecule has 0 atom stereocenters. The fourth-order valence-corrected chi connectivity index (χ4v) is 17.4. The van der Waals surface area contributed by atoms with Crippen molar-refractivity contribution in [2.75, 3.05) is 0 Å². The molecule has 2 aliphatic rings.